The molecule has 1 rings (SSSR count). The maximum Gasteiger partial charge on any atom is 0.308 e. The molecule has 0 saturated heterocycles. The summed E-state index contributed by atoms with van der Waals surface area (Å²) in [5.41, 5.74) is 0. The van der Waals surface area contributed by atoms with Crippen LogP contribution in [-0.2, 0) is 9.53 Å². The van der Waals surface area contributed by atoms with Crippen molar-refractivity contribution in [1.82, 2.24) is 0 Å². The number of rotatable bonds is 8. The first-order valence-corrected chi connectivity index (χ1v) is 9.16. The zero-order valence-corrected chi connectivity index (χ0v) is 14.9. The third-order valence-corrected chi connectivity index (χ3v) is 5.12. The second kappa shape index (κ2) is 9.48. The van der Waals surface area contributed by atoms with Gasteiger partial charge in [0, 0.05) is 0 Å². The molecule has 0 heterocycles. The highest BCUT2D eigenvalue weighted by molar-refractivity contribution is 5.72. The molecule has 0 aliphatic heterocycles. The number of ether oxygens (including phenoxy) is 1. The molecule has 1 aliphatic rings. The largest absolute Gasteiger partial charge is 0.462 e. The lowest BCUT2D eigenvalue weighted by Crippen LogP contribution is -2.37. The van der Waals surface area contributed by atoms with Crippen LogP contribution in [0.15, 0.2) is 0 Å². The van der Waals surface area contributed by atoms with Crippen molar-refractivity contribution in [2.45, 2.75) is 92.1 Å². The maximum atomic E-state index is 12.3. The molecule has 0 radical (unpaired) electrons. The van der Waals surface area contributed by atoms with Crippen LogP contribution in [0.4, 0.5) is 0 Å². The predicted octanol–water partition coefficient (Wildman–Crippen LogP) is 5.60. The van der Waals surface area contributed by atoms with Gasteiger partial charge in [-0.1, -0.05) is 66.7 Å². The molecule has 1 saturated carbocycles. The third kappa shape index (κ3) is 6.40. The smallest absolute Gasteiger partial charge is 0.308 e. The van der Waals surface area contributed by atoms with Crippen LogP contribution in [0, 0.1) is 23.7 Å². The zero-order valence-electron chi connectivity index (χ0n) is 14.9. The molecule has 0 aromatic rings. The molecule has 124 valence electrons. The molecule has 2 heteroatoms. The maximum absolute atomic E-state index is 12.3. The van der Waals surface area contributed by atoms with E-state index in [0.29, 0.717) is 17.8 Å². The lowest BCUT2D eigenvalue weighted by Gasteiger charge is -2.37. The summed E-state index contributed by atoms with van der Waals surface area (Å²) in [5, 5.41) is 0. The van der Waals surface area contributed by atoms with Crippen LogP contribution in [0.1, 0.15) is 86.0 Å². The number of hydrogen-bond acceptors (Lipinski definition) is 2. The van der Waals surface area contributed by atoms with Gasteiger partial charge in [-0.05, 0) is 37.0 Å². The van der Waals surface area contributed by atoms with Crippen molar-refractivity contribution >= 4 is 5.97 Å². The van der Waals surface area contributed by atoms with Gasteiger partial charge < -0.3 is 4.74 Å². The van der Waals surface area contributed by atoms with Gasteiger partial charge in [-0.3, -0.25) is 4.79 Å². The van der Waals surface area contributed by atoms with Crippen molar-refractivity contribution in [2.24, 2.45) is 23.7 Å². The van der Waals surface area contributed by atoms with E-state index in [1.165, 1.54) is 32.1 Å². The van der Waals surface area contributed by atoms with Crippen molar-refractivity contribution in [3.8, 4) is 0 Å². The molecular formula is C19H36O2. The molecule has 0 aromatic heterocycles. The lowest BCUT2D eigenvalue weighted by atomic mass is 9.75. The number of carbonyl (C=O) groups is 1. The third-order valence-electron chi connectivity index (χ3n) is 5.12. The first-order chi connectivity index (χ1) is 9.95. The van der Waals surface area contributed by atoms with E-state index in [9.17, 15) is 4.79 Å². The first-order valence-electron chi connectivity index (χ1n) is 9.16. The highest BCUT2D eigenvalue weighted by atomic mass is 16.5. The molecule has 0 amide bonds. The summed E-state index contributed by atoms with van der Waals surface area (Å²) in [6.45, 7) is 11.1. The van der Waals surface area contributed by atoms with Crippen LogP contribution >= 0.6 is 0 Å². The van der Waals surface area contributed by atoms with E-state index in [0.717, 1.165) is 19.3 Å². The molecule has 0 N–H and O–H groups in total. The Morgan fingerprint density at radius 1 is 1.14 bits per heavy atom. The van der Waals surface area contributed by atoms with E-state index in [1.807, 2.05) is 6.92 Å². The van der Waals surface area contributed by atoms with Crippen LogP contribution < -0.4 is 0 Å². The lowest BCUT2D eigenvalue weighted by molar-refractivity contribution is -0.160. The van der Waals surface area contributed by atoms with Crippen molar-refractivity contribution in [1.29, 1.82) is 0 Å². The number of hydrogen-bond donors (Lipinski definition) is 0. The van der Waals surface area contributed by atoms with Gasteiger partial charge in [-0.25, -0.2) is 0 Å². The molecule has 0 bridgehead atoms. The van der Waals surface area contributed by atoms with Crippen LogP contribution in [-0.4, -0.2) is 12.1 Å². The zero-order chi connectivity index (χ0) is 15.8. The highest BCUT2D eigenvalue weighted by Gasteiger charge is 2.34. The summed E-state index contributed by atoms with van der Waals surface area (Å²) in [5.74, 6) is 1.95. The number of esters is 1. The van der Waals surface area contributed by atoms with Crippen LogP contribution in [0.25, 0.3) is 0 Å². The van der Waals surface area contributed by atoms with Gasteiger partial charge in [0.15, 0.2) is 0 Å². The molecule has 1 fully saturated rings. The Morgan fingerprint density at radius 3 is 2.48 bits per heavy atom. The van der Waals surface area contributed by atoms with E-state index >= 15 is 0 Å². The summed E-state index contributed by atoms with van der Waals surface area (Å²) < 4.78 is 5.92. The summed E-state index contributed by atoms with van der Waals surface area (Å²) in [6.07, 6.45) is 9.59. The van der Waals surface area contributed by atoms with E-state index < -0.39 is 0 Å². The summed E-state index contributed by atoms with van der Waals surface area (Å²) in [6, 6.07) is 0. The number of carbonyl (C=O) groups excluding carboxylic acids is 1. The van der Waals surface area contributed by atoms with Gasteiger partial charge in [0.25, 0.3) is 0 Å². The minimum Gasteiger partial charge on any atom is -0.462 e. The van der Waals surface area contributed by atoms with Crippen LogP contribution in [0.2, 0.25) is 0 Å². The van der Waals surface area contributed by atoms with E-state index in [4.69, 9.17) is 4.74 Å². The van der Waals surface area contributed by atoms with Gasteiger partial charge in [0.1, 0.15) is 6.10 Å². The molecular weight excluding hydrogens is 260 g/mol. The second-order valence-corrected chi connectivity index (χ2v) is 7.55. The summed E-state index contributed by atoms with van der Waals surface area (Å²) in [7, 11) is 0. The minimum atomic E-state index is 0.0382. The molecule has 0 aromatic carbocycles. The minimum absolute atomic E-state index is 0.0382. The Hall–Kier alpha value is -0.530. The Labute approximate surface area is 132 Å². The van der Waals surface area contributed by atoms with Gasteiger partial charge in [0.2, 0.25) is 0 Å². The van der Waals surface area contributed by atoms with Crippen LogP contribution in [0.3, 0.4) is 0 Å². The van der Waals surface area contributed by atoms with Gasteiger partial charge in [0.05, 0.1) is 5.92 Å². The van der Waals surface area contributed by atoms with Crippen molar-refractivity contribution in [2.75, 3.05) is 0 Å². The molecule has 1 aliphatic carbocycles. The fourth-order valence-corrected chi connectivity index (χ4v) is 3.51. The van der Waals surface area contributed by atoms with Crippen LogP contribution in [0.5, 0.6) is 0 Å². The second-order valence-electron chi connectivity index (χ2n) is 7.55. The Bertz CT molecular complexity index is 298. The van der Waals surface area contributed by atoms with Crippen molar-refractivity contribution in [3.63, 3.8) is 0 Å². The van der Waals surface area contributed by atoms with Gasteiger partial charge >= 0.3 is 5.97 Å². The average Bonchev–Trinajstić information content (AvgIpc) is 2.43. The Morgan fingerprint density at radius 2 is 1.86 bits per heavy atom. The fraction of sp³-hybridized carbons (Fsp3) is 0.947. The SMILES string of the molecule is CCCCCCC(C)C(=O)OC1CC(C)CCC1C(C)C. The quantitative estimate of drug-likeness (QED) is 0.430. The molecule has 0 spiro atoms. The average molecular weight is 296 g/mol. The van der Waals surface area contributed by atoms with Gasteiger partial charge in [-0.2, -0.15) is 0 Å². The van der Waals surface area contributed by atoms with Crippen molar-refractivity contribution < 1.29 is 9.53 Å². The molecule has 2 nitrogen and oxygen atoms in total. The van der Waals surface area contributed by atoms with E-state index in [2.05, 4.69) is 27.7 Å². The molecule has 21 heavy (non-hydrogen) atoms. The Kier molecular flexibility index (Phi) is 8.36. The molecule has 4 atom stereocenters. The number of unbranched alkanes of at least 4 members (excludes halogenated alkanes) is 3. The molecule has 4 unspecified atom stereocenters. The van der Waals surface area contributed by atoms with E-state index in [1.54, 1.807) is 0 Å². The van der Waals surface area contributed by atoms with Gasteiger partial charge in [-0.15, -0.1) is 0 Å². The normalized spacial score (nSPS) is 27.6. The van der Waals surface area contributed by atoms with E-state index in [-0.39, 0.29) is 18.0 Å². The topological polar surface area (TPSA) is 26.3 Å². The highest BCUT2D eigenvalue weighted by Crippen LogP contribution is 2.35. The Balaban J connectivity index is 2.42. The predicted molar refractivity (Wildman–Crippen MR) is 89.1 cm³/mol. The monoisotopic (exact) mass is 296 g/mol. The fourth-order valence-electron chi connectivity index (χ4n) is 3.51. The van der Waals surface area contributed by atoms with Crippen molar-refractivity contribution in [3.05, 3.63) is 0 Å². The summed E-state index contributed by atoms with van der Waals surface area (Å²) >= 11 is 0. The first kappa shape index (κ1) is 18.5. The standard InChI is InChI=1S/C19H36O2/c1-6-7-8-9-10-16(5)19(20)21-18-13-15(4)11-12-17(18)14(2)3/h14-18H,6-13H2,1-5H3. The summed E-state index contributed by atoms with van der Waals surface area (Å²) in [4.78, 5) is 12.3.